The highest BCUT2D eigenvalue weighted by Gasteiger charge is 2.39. The second-order valence-corrected chi connectivity index (χ2v) is 11.1. The van der Waals surface area contributed by atoms with E-state index in [2.05, 4.69) is 75.2 Å². The molecule has 4 aromatic rings. The lowest BCUT2D eigenvalue weighted by Gasteiger charge is -2.44. The molecular weight excluding hydrogens is 526 g/mol. The maximum absolute atomic E-state index is 9.56. The number of ether oxygens (including phenoxy) is 2. The summed E-state index contributed by atoms with van der Waals surface area (Å²) in [5.41, 5.74) is 12.4. The van der Waals surface area contributed by atoms with E-state index in [1.54, 1.807) is 12.4 Å². The third kappa shape index (κ3) is 6.23. The lowest BCUT2D eigenvalue weighted by molar-refractivity contribution is -0.276. The molecule has 0 saturated carbocycles. The molecule has 2 fully saturated rings. The number of nitrogens with two attached hydrogens (primary N) is 1. The Hall–Kier alpha value is -3.66. The maximum atomic E-state index is 9.56. The molecule has 8 nitrogen and oxygen atoms in total. The van der Waals surface area contributed by atoms with Crippen LogP contribution in [0.2, 0.25) is 0 Å². The number of hydrogen-bond acceptors (Lipinski definition) is 8. The van der Waals surface area contributed by atoms with Crippen LogP contribution >= 0.6 is 0 Å². The first-order valence-corrected chi connectivity index (χ1v) is 14.8. The molecule has 8 heteroatoms. The molecule has 0 radical (unpaired) electrons. The number of hydrogen-bond donors (Lipinski definition) is 2. The summed E-state index contributed by atoms with van der Waals surface area (Å²) < 4.78 is 13.4. The standard InChI is InChI=1S/C34H39N5O3/c1-24-31(22-38-17-19-39(20-18-38)34-36-15-4-16-37-34)41-33(42-32(24)27-9-7-25(23-40)8-10-27)28-13-11-26(12-14-28)30-6-3-2-5-29(30)21-35/h2-16,24,31-33,40H,17-23,35H2,1H3/t24-,31+,32+,33+/m1/s1. The molecule has 3 heterocycles. The van der Waals surface area contributed by atoms with Gasteiger partial charge >= 0.3 is 0 Å². The second kappa shape index (κ2) is 13.1. The Labute approximate surface area is 247 Å². The van der Waals surface area contributed by atoms with Gasteiger partial charge in [-0.2, -0.15) is 0 Å². The Kier molecular flexibility index (Phi) is 8.88. The highest BCUT2D eigenvalue weighted by atomic mass is 16.7. The molecule has 4 atom stereocenters. The van der Waals surface area contributed by atoms with Crippen LogP contribution in [0.25, 0.3) is 11.1 Å². The molecule has 0 bridgehead atoms. The molecule has 2 aliphatic heterocycles. The SMILES string of the molecule is C[C@@H]1[C@H](CN2CCN(c3ncccn3)CC2)O[C@H](c2ccc(-c3ccccc3CN)cc2)O[C@@H]1c1ccc(CO)cc1. The summed E-state index contributed by atoms with van der Waals surface area (Å²) >= 11 is 0. The van der Waals surface area contributed by atoms with Crippen LogP contribution in [0.15, 0.2) is 91.3 Å². The fraction of sp³-hybridized carbons (Fsp3) is 0.353. The Morgan fingerprint density at radius 2 is 1.52 bits per heavy atom. The lowest BCUT2D eigenvalue weighted by atomic mass is 9.89. The van der Waals surface area contributed by atoms with Gasteiger partial charge in [0.15, 0.2) is 6.29 Å². The Morgan fingerprint density at radius 3 is 2.21 bits per heavy atom. The first kappa shape index (κ1) is 28.5. The van der Waals surface area contributed by atoms with Crippen molar-refractivity contribution in [3.63, 3.8) is 0 Å². The quantitative estimate of drug-likeness (QED) is 0.317. The van der Waals surface area contributed by atoms with E-state index in [-0.39, 0.29) is 24.7 Å². The van der Waals surface area contributed by atoms with Crippen LogP contribution in [0.3, 0.4) is 0 Å². The lowest BCUT2D eigenvalue weighted by Crippen LogP contribution is -2.51. The second-order valence-electron chi connectivity index (χ2n) is 11.1. The van der Waals surface area contributed by atoms with Gasteiger partial charge in [0.1, 0.15) is 0 Å². The summed E-state index contributed by atoms with van der Waals surface area (Å²) in [6.07, 6.45) is 2.93. The normalized spacial score (nSPS) is 23.2. The van der Waals surface area contributed by atoms with Crippen molar-refractivity contribution in [3.8, 4) is 11.1 Å². The summed E-state index contributed by atoms with van der Waals surface area (Å²) in [5.74, 6) is 0.921. The Bertz CT molecular complexity index is 1430. The average molecular weight is 566 g/mol. The summed E-state index contributed by atoms with van der Waals surface area (Å²) in [7, 11) is 0. The predicted octanol–water partition coefficient (Wildman–Crippen LogP) is 4.71. The van der Waals surface area contributed by atoms with Crippen molar-refractivity contribution in [2.75, 3.05) is 37.6 Å². The molecule has 3 aromatic carbocycles. The molecular formula is C34H39N5O3. The number of aromatic nitrogens is 2. The van der Waals surface area contributed by atoms with E-state index in [9.17, 15) is 5.11 Å². The minimum atomic E-state index is -0.494. The molecule has 218 valence electrons. The van der Waals surface area contributed by atoms with E-state index in [1.165, 1.54) is 0 Å². The molecule has 2 saturated heterocycles. The summed E-state index contributed by atoms with van der Waals surface area (Å²) in [5, 5.41) is 9.56. The Morgan fingerprint density at radius 1 is 0.833 bits per heavy atom. The number of piperazine rings is 1. The number of rotatable bonds is 8. The van der Waals surface area contributed by atoms with Crippen LogP contribution in [-0.2, 0) is 22.6 Å². The first-order valence-electron chi connectivity index (χ1n) is 14.8. The van der Waals surface area contributed by atoms with Crippen molar-refractivity contribution in [1.82, 2.24) is 14.9 Å². The molecule has 0 amide bonds. The van der Waals surface area contributed by atoms with Gasteiger partial charge < -0.3 is 25.2 Å². The van der Waals surface area contributed by atoms with E-state index in [1.807, 2.05) is 30.3 Å². The van der Waals surface area contributed by atoms with Crippen molar-refractivity contribution < 1.29 is 14.6 Å². The topological polar surface area (TPSA) is 97.0 Å². The summed E-state index contributed by atoms with van der Waals surface area (Å²) in [4.78, 5) is 13.6. The predicted molar refractivity (Wildman–Crippen MR) is 163 cm³/mol. The Balaban J connectivity index is 1.21. The van der Waals surface area contributed by atoms with Crippen molar-refractivity contribution in [3.05, 3.63) is 114 Å². The van der Waals surface area contributed by atoms with Crippen molar-refractivity contribution >= 4 is 5.95 Å². The van der Waals surface area contributed by atoms with E-state index in [0.29, 0.717) is 6.54 Å². The molecule has 0 unspecified atom stereocenters. The summed E-state index contributed by atoms with van der Waals surface area (Å²) in [6, 6.07) is 26.6. The van der Waals surface area contributed by atoms with Crippen molar-refractivity contribution in [2.45, 2.75) is 38.6 Å². The molecule has 3 N–H and O–H groups in total. The number of benzene rings is 3. The highest BCUT2D eigenvalue weighted by molar-refractivity contribution is 5.67. The molecule has 6 rings (SSSR count). The van der Waals surface area contributed by atoms with Crippen LogP contribution in [0.1, 0.15) is 41.6 Å². The van der Waals surface area contributed by atoms with Crippen molar-refractivity contribution in [1.29, 1.82) is 0 Å². The van der Waals surface area contributed by atoms with Gasteiger partial charge in [-0.1, -0.05) is 79.7 Å². The van der Waals surface area contributed by atoms with Gasteiger partial charge in [0, 0.05) is 63.1 Å². The van der Waals surface area contributed by atoms with Gasteiger partial charge in [-0.05, 0) is 33.9 Å². The minimum Gasteiger partial charge on any atom is -0.392 e. The maximum Gasteiger partial charge on any atom is 0.225 e. The zero-order chi connectivity index (χ0) is 28.9. The largest absolute Gasteiger partial charge is 0.392 e. The minimum absolute atomic E-state index is 0.0232. The highest BCUT2D eigenvalue weighted by Crippen LogP contribution is 2.42. The fourth-order valence-corrected chi connectivity index (χ4v) is 5.97. The number of nitrogens with zero attached hydrogens (tertiary/aromatic N) is 4. The van der Waals surface area contributed by atoms with Gasteiger partial charge in [0.25, 0.3) is 0 Å². The van der Waals surface area contributed by atoms with Crippen LogP contribution in [-0.4, -0.2) is 58.8 Å². The smallest absolute Gasteiger partial charge is 0.225 e. The zero-order valence-corrected chi connectivity index (χ0v) is 24.0. The number of aliphatic hydroxyl groups is 1. The van der Waals surface area contributed by atoms with Crippen LogP contribution in [0.5, 0.6) is 0 Å². The third-order valence-corrected chi connectivity index (χ3v) is 8.50. The van der Waals surface area contributed by atoms with E-state index < -0.39 is 6.29 Å². The third-order valence-electron chi connectivity index (χ3n) is 8.50. The number of anilines is 1. The van der Waals surface area contributed by atoms with E-state index in [4.69, 9.17) is 15.2 Å². The van der Waals surface area contributed by atoms with Gasteiger partial charge in [-0.15, -0.1) is 0 Å². The first-order chi connectivity index (χ1) is 20.6. The van der Waals surface area contributed by atoms with Crippen LogP contribution < -0.4 is 10.6 Å². The molecule has 0 aliphatic carbocycles. The average Bonchev–Trinajstić information content (AvgIpc) is 3.06. The zero-order valence-electron chi connectivity index (χ0n) is 24.0. The molecule has 1 aromatic heterocycles. The van der Waals surface area contributed by atoms with Gasteiger partial charge in [-0.25, -0.2) is 9.97 Å². The van der Waals surface area contributed by atoms with Gasteiger partial charge in [0.2, 0.25) is 5.95 Å². The molecule has 42 heavy (non-hydrogen) atoms. The number of aliphatic hydroxyl groups excluding tert-OH is 1. The van der Waals surface area contributed by atoms with Gasteiger partial charge in [0.05, 0.1) is 18.8 Å². The van der Waals surface area contributed by atoms with Gasteiger partial charge in [-0.3, -0.25) is 4.90 Å². The molecule has 2 aliphatic rings. The fourth-order valence-electron chi connectivity index (χ4n) is 5.97. The van der Waals surface area contributed by atoms with E-state index >= 15 is 0 Å². The van der Waals surface area contributed by atoms with Crippen LogP contribution in [0.4, 0.5) is 5.95 Å². The molecule has 0 spiro atoms. The van der Waals surface area contributed by atoms with Crippen LogP contribution in [0, 0.1) is 5.92 Å². The summed E-state index contributed by atoms with van der Waals surface area (Å²) in [6.45, 7) is 7.14. The van der Waals surface area contributed by atoms with E-state index in [0.717, 1.165) is 72.1 Å². The van der Waals surface area contributed by atoms with Crippen molar-refractivity contribution in [2.24, 2.45) is 11.7 Å². The monoisotopic (exact) mass is 565 g/mol.